The molecule has 7 nitrogen and oxygen atoms in total. The molecule has 0 radical (unpaired) electrons. The van der Waals surface area contributed by atoms with Crippen LogP contribution in [-0.2, 0) is 14.9 Å². The number of nitrogens with one attached hydrogen (secondary N) is 1. The number of carbonyl (C=O) groups excluding carboxylic acids is 1. The molecule has 34 heavy (non-hydrogen) atoms. The second-order valence-electron chi connectivity index (χ2n) is 7.70. The summed E-state index contributed by atoms with van der Waals surface area (Å²) < 4.78 is 35.8. The molecule has 0 fully saturated rings. The number of anilines is 1. The number of carbonyl (C=O) groups is 1. The number of rotatable bonds is 7. The van der Waals surface area contributed by atoms with Gasteiger partial charge in [-0.2, -0.15) is 13.7 Å². The largest absolute Gasteiger partial charge is 0.493 e. The van der Waals surface area contributed by atoms with E-state index in [-0.39, 0.29) is 22.0 Å². The zero-order valence-electron chi connectivity index (χ0n) is 19.2. The maximum atomic E-state index is 12.7. The van der Waals surface area contributed by atoms with Crippen molar-refractivity contribution in [1.29, 1.82) is 5.26 Å². The van der Waals surface area contributed by atoms with E-state index in [0.29, 0.717) is 11.3 Å². The highest BCUT2D eigenvalue weighted by atomic mass is 32.2. The molecule has 0 aliphatic carbocycles. The van der Waals surface area contributed by atoms with Gasteiger partial charge in [0.05, 0.1) is 7.11 Å². The van der Waals surface area contributed by atoms with Gasteiger partial charge in [-0.1, -0.05) is 35.9 Å². The molecule has 0 heterocycles. The summed E-state index contributed by atoms with van der Waals surface area (Å²) in [5, 5.41) is 12.3. The number of nitrogens with zero attached hydrogens (tertiary/aromatic N) is 1. The van der Waals surface area contributed by atoms with E-state index in [1.54, 1.807) is 12.1 Å². The third-order valence-electron chi connectivity index (χ3n) is 5.01. The number of aryl methyl sites for hydroxylation is 3. The lowest BCUT2D eigenvalue weighted by molar-refractivity contribution is -0.112. The Balaban J connectivity index is 1.86. The molecule has 0 saturated carbocycles. The van der Waals surface area contributed by atoms with Crippen molar-refractivity contribution < 1.29 is 22.1 Å². The molecule has 3 aromatic carbocycles. The maximum absolute atomic E-state index is 12.7. The minimum Gasteiger partial charge on any atom is -0.493 e. The predicted octanol–water partition coefficient (Wildman–Crippen LogP) is 4.93. The van der Waals surface area contributed by atoms with E-state index in [2.05, 4.69) is 5.32 Å². The van der Waals surface area contributed by atoms with Crippen LogP contribution in [0.15, 0.2) is 71.1 Å². The summed E-state index contributed by atoms with van der Waals surface area (Å²) in [6, 6.07) is 18.2. The lowest BCUT2D eigenvalue weighted by Crippen LogP contribution is -2.14. The third-order valence-corrected chi connectivity index (χ3v) is 6.26. The summed E-state index contributed by atoms with van der Waals surface area (Å²) in [7, 11) is -2.70. The third kappa shape index (κ3) is 5.82. The molecule has 0 bridgehead atoms. The number of hydrogen-bond acceptors (Lipinski definition) is 6. The van der Waals surface area contributed by atoms with Crippen LogP contribution in [0, 0.1) is 32.1 Å². The van der Waals surface area contributed by atoms with E-state index in [4.69, 9.17) is 8.92 Å². The fraction of sp³-hybridized carbons (Fsp3) is 0.154. The van der Waals surface area contributed by atoms with E-state index >= 15 is 0 Å². The predicted molar refractivity (Wildman–Crippen MR) is 130 cm³/mol. The van der Waals surface area contributed by atoms with Crippen molar-refractivity contribution in [3.05, 3.63) is 88.5 Å². The van der Waals surface area contributed by atoms with Crippen molar-refractivity contribution in [2.45, 2.75) is 25.7 Å². The van der Waals surface area contributed by atoms with Gasteiger partial charge in [0.2, 0.25) is 0 Å². The quantitative estimate of drug-likeness (QED) is 0.294. The average molecular weight is 477 g/mol. The minimum absolute atomic E-state index is 0.0130. The normalized spacial score (nSPS) is 11.4. The molecule has 0 atom stereocenters. The highest BCUT2D eigenvalue weighted by molar-refractivity contribution is 7.87. The molecular weight excluding hydrogens is 452 g/mol. The fourth-order valence-corrected chi connectivity index (χ4v) is 4.03. The zero-order valence-corrected chi connectivity index (χ0v) is 20.1. The molecule has 0 spiro atoms. The molecular formula is C26H24N2O5S. The molecule has 174 valence electrons. The van der Waals surface area contributed by atoms with Crippen molar-refractivity contribution in [3.63, 3.8) is 0 Å². The van der Waals surface area contributed by atoms with Gasteiger partial charge in [-0.05, 0) is 73.9 Å². The van der Waals surface area contributed by atoms with Gasteiger partial charge in [-0.25, -0.2) is 0 Å². The Morgan fingerprint density at radius 2 is 1.62 bits per heavy atom. The number of amides is 1. The van der Waals surface area contributed by atoms with Crippen molar-refractivity contribution in [2.75, 3.05) is 12.4 Å². The topological polar surface area (TPSA) is 105 Å². The van der Waals surface area contributed by atoms with Crippen LogP contribution < -0.4 is 14.2 Å². The first kappa shape index (κ1) is 24.6. The zero-order chi connectivity index (χ0) is 24.9. The molecule has 0 aromatic heterocycles. The van der Waals surface area contributed by atoms with Gasteiger partial charge < -0.3 is 14.2 Å². The monoisotopic (exact) mass is 476 g/mol. The van der Waals surface area contributed by atoms with Crippen LogP contribution in [-0.4, -0.2) is 21.4 Å². The Morgan fingerprint density at radius 1 is 0.941 bits per heavy atom. The molecule has 8 heteroatoms. The highest BCUT2D eigenvalue weighted by Crippen LogP contribution is 2.31. The first-order chi connectivity index (χ1) is 16.1. The molecule has 1 amide bonds. The Kier molecular flexibility index (Phi) is 7.39. The summed E-state index contributed by atoms with van der Waals surface area (Å²) >= 11 is 0. The van der Waals surface area contributed by atoms with Gasteiger partial charge >= 0.3 is 10.1 Å². The first-order valence-corrected chi connectivity index (χ1v) is 11.7. The molecule has 3 rings (SSSR count). The lowest BCUT2D eigenvalue weighted by atomic mass is 10.1. The van der Waals surface area contributed by atoms with Crippen LogP contribution in [0.2, 0.25) is 0 Å². The van der Waals surface area contributed by atoms with Gasteiger partial charge in [0.15, 0.2) is 11.5 Å². The molecule has 1 N–H and O–H groups in total. The van der Waals surface area contributed by atoms with Crippen LogP contribution in [0.4, 0.5) is 5.69 Å². The standard InChI is InChI=1S/C26H24N2O5S/c1-17-6-10-22(11-7-17)34(30,31)33-24-12-9-20(15-25(24)32-4)14-21(16-27)26(29)28-23-13-18(2)5-8-19(23)3/h5-15H,1-4H3,(H,28,29)/b21-14+. The second-order valence-corrected chi connectivity index (χ2v) is 9.25. The van der Waals surface area contributed by atoms with Crippen LogP contribution in [0.25, 0.3) is 6.08 Å². The first-order valence-electron chi connectivity index (χ1n) is 10.3. The van der Waals surface area contributed by atoms with Crippen LogP contribution >= 0.6 is 0 Å². The molecule has 0 aliphatic rings. The number of benzene rings is 3. The lowest BCUT2D eigenvalue weighted by Gasteiger charge is -2.12. The summed E-state index contributed by atoms with van der Waals surface area (Å²) in [4.78, 5) is 12.7. The average Bonchev–Trinajstić information content (AvgIpc) is 2.80. The Bertz CT molecular complexity index is 1400. The van der Waals surface area contributed by atoms with E-state index in [1.165, 1.54) is 43.5 Å². The maximum Gasteiger partial charge on any atom is 0.339 e. The van der Waals surface area contributed by atoms with Crippen molar-refractivity contribution >= 4 is 27.8 Å². The van der Waals surface area contributed by atoms with E-state index in [0.717, 1.165) is 16.7 Å². The van der Waals surface area contributed by atoms with Gasteiger partial charge in [0.1, 0.15) is 16.5 Å². The fourth-order valence-electron chi connectivity index (χ4n) is 3.09. The van der Waals surface area contributed by atoms with Gasteiger partial charge in [-0.3, -0.25) is 4.79 Å². The van der Waals surface area contributed by atoms with Crippen molar-refractivity contribution in [1.82, 2.24) is 0 Å². The second kappa shape index (κ2) is 10.2. The highest BCUT2D eigenvalue weighted by Gasteiger charge is 2.19. The minimum atomic E-state index is -4.07. The van der Waals surface area contributed by atoms with Crippen LogP contribution in [0.5, 0.6) is 11.5 Å². The van der Waals surface area contributed by atoms with Crippen molar-refractivity contribution in [2.24, 2.45) is 0 Å². The van der Waals surface area contributed by atoms with Crippen LogP contribution in [0.3, 0.4) is 0 Å². The summed E-state index contributed by atoms with van der Waals surface area (Å²) in [6.45, 7) is 5.62. The van der Waals surface area contributed by atoms with Gasteiger partial charge in [0.25, 0.3) is 5.91 Å². The Hall–Kier alpha value is -4.09. The molecule has 0 saturated heterocycles. The van der Waals surface area contributed by atoms with Gasteiger partial charge in [0, 0.05) is 5.69 Å². The van der Waals surface area contributed by atoms with E-state index in [9.17, 15) is 18.5 Å². The number of ether oxygens (including phenoxy) is 1. The van der Waals surface area contributed by atoms with Crippen molar-refractivity contribution in [3.8, 4) is 17.6 Å². The SMILES string of the molecule is COc1cc(/C=C(\C#N)C(=O)Nc2cc(C)ccc2C)ccc1OS(=O)(=O)c1ccc(C)cc1. The summed E-state index contributed by atoms with van der Waals surface area (Å²) in [5.41, 5.74) is 3.73. The Morgan fingerprint density at radius 3 is 2.26 bits per heavy atom. The molecule has 0 unspecified atom stereocenters. The molecule has 3 aromatic rings. The number of hydrogen-bond donors (Lipinski definition) is 1. The smallest absolute Gasteiger partial charge is 0.339 e. The van der Waals surface area contributed by atoms with E-state index in [1.807, 2.05) is 45.0 Å². The summed E-state index contributed by atoms with van der Waals surface area (Å²) in [5.74, 6) is -0.437. The van der Waals surface area contributed by atoms with Crippen LogP contribution in [0.1, 0.15) is 22.3 Å². The number of nitriles is 1. The number of methoxy groups -OCH3 is 1. The van der Waals surface area contributed by atoms with E-state index < -0.39 is 16.0 Å². The summed E-state index contributed by atoms with van der Waals surface area (Å²) in [6.07, 6.45) is 1.39. The molecule has 0 aliphatic heterocycles. The Labute approximate surface area is 199 Å². The van der Waals surface area contributed by atoms with Gasteiger partial charge in [-0.15, -0.1) is 0 Å².